The minimum Gasteiger partial charge on any atom is -0.436 e. The molecule has 6 nitrogen and oxygen atoms in total. The van der Waals surface area contributed by atoms with E-state index in [1.807, 2.05) is 18.2 Å². The molecule has 0 aliphatic carbocycles. The van der Waals surface area contributed by atoms with Crippen LogP contribution in [-0.4, -0.2) is 21.1 Å². The molecule has 1 amide bonds. The predicted octanol–water partition coefficient (Wildman–Crippen LogP) is 5.93. The minimum absolute atomic E-state index is 0.264. The predicted molar refractivity (Wildman–Crippen MR) is 114 cm³/mol. The van der Waals surface area contributed by atoms with Gasteiger partial charge in [-0.2, -0.15) is 5.10 Å². The van der Waals surface area contributed by atoms with Crippen molar-refractivity contribution in [1.82, 2.24) is 15.2 Å². The molecule has 3 aromatic carbocycles. The summed E-state index contributed by atoms with van der Waals surface area (Å²) in [5.41, 5.74) is 3.53. The Kier molecular flexibility index (Phi) is 4.23. The normalized spacial score (nSPS) is 11.2. The molecular formula is C21H12Cl2N4O2. The van der Waals surface area contributed by atoms with Crippen molar-refractivity contribution in [3.63, 3.8) is 0 Å². The van der Waals surface area contributed by atoms with Gasteiger partial charge in [0.1, 0.15) is 5.52 Å². The first-order chi connectivity index (χ1) is 14.1. The Bertz CT molecular complexity index is 1370. The smallest absolute Gasteiger partial charge is 0.255 e. The highest BCUT2D eigenvalue weighted by Gasteiger charge is 2.16. The van der Waals surface area contributed by atoms with Crippen LogP contribution in [0.1, 0.15) is 10.4 Å². The molecule has 142 valence electrons. The topological polar surface area (TPSA) is 83.8 Å². The molecule has 0 fully saturated rings. The van der Waals surface area contributed by atoms with Crippen LogP contribution < -0.4 is 5.32 Å². The lowest BCUT2D eigenvalue weighted by Gasteiger charge is -2.05. The van der Waals surface area contributed by atoms with Gasteiger partial charge in [0, 0.05) is 16.6 Å². The number of hydrogen-bond donors (Lipinski definition) is 2. The highest BCUT2D eigenvalue weighted by molar-refractivity contribution is 6.39. The standard InChI is InChI=1S/C21H12Cl2N4O2/c22-14-2-1-3-15(23)19(14)21-26-16-7-5-11(8-18(16)29-21)20(28)25-13-6-4-12-10-24-27-17(12)9-13/h1-10H,(H,24,27)(H,25,28). The number of oxazole rings is 1. The maximum Gasteiger partial charge on any atom is 0.255 e. The van der Waals surface area contributed by atoms with Gasteiger partial charge in [-0.1, -0.05) is 29.3 Å². The molecular weight excluding hydrogens is 411 g/mol. The Labute approximate surface area is 174 Å². The zero-order valence-corrected chi connectivity index (χ0v) is 16.3. The largest absolute Gasteiger partial charge is 0.436 e. The van der Waals surface area contributed by atoms with Gasteiger partial charge < -0.3 is 9.73 Å². The van der Waals surface area contributed by atoms with Gasteiger partial charge in [-0.15, -0.1) is 0 Å². The van der Waals surface area contributed by atoms with Crippen LogP contribution in [0.4, 0.5) is 5.69 Å². The molecule has 0 aliphatic heterocycles. The summed E-state index contributed by atoms with van der Waals surface area (Å²) in [5.74, 6) is 0.0392. The van der Waals surface area contributed by atoms with Crippen molar-refractivity contribution < 1.29 is 9.21 Å². The molecule has 0 spiro atoms. The Balaban J connectivity index is 1.47. The van der Waals surface area contributed by atoms with Gasteiger partial charge >= 0.3 is 0 Å². The van der Waals surface area contributed by atoms with Gasteiger partial charge in [0.05, 0.1) is 27.3 Å². The van der Waals surface area contributed by atoms with Crippen LogP contribution in [0.5, 0.6) is 0 Å². The zero-order valence-electron chi connectivity index (χ0n) is 14.7. The number of nitrogens with zero attached hydrogens (tertiary/aromatic N) is 2. The summed E-state index contributed by atoms with van der Waals surface area (Å²) in [6.07, 6.45) is 1.72. The fourth-order valence-corrected chi connectivity index (χ4v) is 3.65. The molecule has 0 atom stereocenters. The number of amides is 1. The summed E-state index contributed by atoms with van der Waals surface area (Å²) in [4.78, 5) is 17.1. The Morgan fingerprint density at radius 3 is 2.69 bits per heavy atom. The van der Waals surface area contributed by atoms with Gasteiger partial charge in [-0.05, 0) is 48.5 Å². The molecule has 0 saturated carbocycles. The lowest BCUT2D eigenvalue weighted by molar-refractivity contribution is 0.102. The molecule has 0 bridgehead atoms. The fourth-order valence-electron chi connectivity index (χ4n) is 3.09. The molecule has 5 rings (SSSR count). The molecule has 0 saturated heterocycles. The molecule has 2 heterocycles. The second-order valence-electron chi connectivity index (χ2n) is 6.42. The zero-order chi connectivity index (χ0) is 20.0. The van der Waals surface area contributed by atoms with Crippen molar-refractivity contribution in [3.8, 4) is 11.5 Å². The van der Waals surface area contributed by atoms with E-state index in [4.69, 9.17) is 27.6 Å². The van der Waals surface area contributed by atoms with Crippen LogP contribution >= 0.6 is 23.2 Å². The average Bonchev–Trinajstić information content (AvgIpc) is 3.33. The third-order valence-corrected chi connectivity index (χ3v) is 5.16. The maximum atomic E-state index is 12.7. The lowest BCUT2D eigenvalue weighted by Crippen LogP contribution is -2.11. The number of hydrogen-bond acceptors (Lipinski definition) is 4. The van der Waals surface area contributed by atoms with E-state index in [0.717, 1.165) is 10.9 Å². The maximum absolute atomic E-state index is 12.7. The average molecular weight is 423 g/mol. The van der Waals surface area contributed by atoms with Crippen LogP contribution in [0.2, 0.25) is 10.0 Å². The highest BCUT2D eigenvalue weighted by atomic mass is 35.5. The van der Waals surface area contributed by atoms with Crippen LogP contribution in [0, 0.1) is 0 Å². The van der Waals surface area contributed by atoms with Gasteiger partial charge in [0.2, 0.25) is 5.89 Å². The quantitative estimate of drug-likeness (QED) is 0.377. The second kappa shape index (κ2) is 6.92. The summed E-state index contributed by atoms with van der Waals surface area (Å²) in [7, 11) is 0. The number of nitrogens with one attached hydrogen (secondary N) is 2. The summed E-state index contributed by atoms with van der Waals surface area (Å²) in [6.45, 7) is 0. The van der Waals surface area contributed by atoms with E-state index in [-0.39, 0.29) is 5.91 Å². The van der Waals surface area contributed by atoms with E-state index >= 15 is 0 Å². The van der Waals surface area contributed by atoms with E-state index in [9.17, 15) is 4.79 Å². The number of aromatic nitrogens is 3. The number of carbonyl (C=O) groups is 1. The van der Waals surface area contributed by atoms with Gasteiger partial charge in [0.25, 0.3) is 5.91 Å². The van der Waals surface area contributed by atoms with Gasteiger partial charge in [0.15, 0.2) is 5.58 Å². The van der Waals surface area contributed by atoms with E-state index in [2.05, 4.69) is 20.5 Å². The Morgan fingerprint density at radius 2 is 1.86 bits per heavy atom. The van der Waals surface area contributed by atoms with E-state index in [0.29, 0.717) is 43.9 Å². The van der Waals surface area contributed by atoms with Crippen molar-refractivity contribution in [2.45, 2.75) is 0 Å². The second-order valence-corrected chi connectivity index (χ2v) is 7.24. The molecule has 5 aromatic rings. The molecule has 0 unspecified atom stereocenters. The van der Waals surface area contributed by atoms with E-state index in [1.165, 1.54) is 0 Å². The highest BCUT2D eigenvalue weighted by Crippen LogP contribution is 2.35. The third kappa shape index (κ3) is 3.22. The van der Waals surface area contributed by atoms with Crippen LogP contribution in [0.25, 0.3) is 33.5 Å². The SMILES string of the molecule is O=C(Nc1ccc2cn[nH]c2c1)c1ccc2nc(-c3c(Cl)cccc3Cl)oc2c1. The third-order valence-electron chi connectivity index (χ3n) is 4.53. The fraction of sp³-hybridized carbons (Fsp3) is 0. The molecule has 0 radical (unpaired) electrons. The first kappa shape index (κ1) is 17.7. The van der Waals surface area contributed by atoms with Crippen LogP contribution in [-0.2, 0) is 0 Å². The molecule has 0 aliphatic rings. The van der Waals surface area contributed by atoms with Gasteiger partial charge in [-0.3, -0.25) is 9.89 Å². The Hall–Kier alpha value is -3.35. The Morgan fingerprint density at radius 1 is 1.03 bits per heavy atom. The molecule has 8 heteroatoms. The van der Waals surface area contributed by atoms with Crippen molar-refractivity contribution in [1.29, 1.82) is 0 Å². The number of halogens is 2. The van der Waals surface area contributed by atoms with Crippen molar-refractivity contribution in [3.05, 3.63) is 76.4 Å². The monoisotopic (exact) mass is 422 g/mol. The summed E-state index contributed by atoms with van der Waals surface area (Å²) in [5, 5.41) is 11.6. The van der Waals surface area contributed by atoms with E-state index < -0.39 is 0 Å². The van der Waals surface area contributed by atoms with Gasteiger partial charge in [-0.25, -0.2) is 4.98 Å². The number of anilines is 1. The number of carbonyl (C=O) groups excluding carboxylic acids is 1. The number of benzene rings is 3. The molecule has 2 N–H and O–H groups in total. The molecule has 29 heavy (non-hydrogen) atoms. The summed E-state index contributed by atoms with van der Waals surface area (Å²) >= 11 is 12.5. The summed E-state index contributed by atoms with van der Waals surface area (Å²) < 4.78 is 5.83. The number of aromatic amines is 1. The first-order valence-electron chi connectivity index (χ1n) is 8.68. The molecule has 2 aromatic heterocycles. The minimum atomic E-state index is -0.264. The number of fused-ring (bicyclic) bond motifs is 2. The van der Waals surface area contributed by atoms with Crippen molar-refractivity contribution >= 4 is 56.8 Å². The van der Waals surface area contributed by atoms with Crippen molar-refractivity contribution in [2.75, 3.05) is 5.32 Å². The number of rotatable bonds is 3. The van der Waals surface area contributed by atoms with Crippen molar-refractivity contribution in [2.24, 2.45) is 0 Å². The lowest BCUT2D eigenvalue weighted by atomic mass is 10.2. The van der Waals surface area contributed by atoms with Crippen LogP contribution in [0.15, 0.2) is 65.2 Å². The first-order valence-corrected chi connectivity index (χ1v) is 9.43. The number of H-pyrrole nitrogens is 1. The van der Waals surface area contributed by atoms with E-state index in [1.54, 1.807) is 42.6 Å². The van der Waals surface area contributed by atoms with Crippen LogP contribution in [0.3, 0.4) is 0 Å². The summed E-state index contributed by atoms with van der Waals surface area (Å²) in [6, 6.07) is 15.8.